The Morgan fingerprint density at radius 3 is 2.73 bits per heavy atom. The van der Waals surface area contributed by atoms with Gasteiger partial charge in [0.15, 0.2) is 0 Å². The van der Waals surface area contributed by atoms with Crippen LogP contribution in [0, 0.1) is 11.8 Å². The minimum Gasteiger partial charge on any atom is -0.493 e. The molecule has 5 heteroatoms. The lowest BCUT2D eigenvalue weighted by Crippen LogP contribution is -2.47. The second-order valence-corrected chi connectivity index (χ2v) is 9.98. The summed E-state index contributed by atoms with van der Waals surface area (Å²) in [5, 5.41) is 12.9. The Morgan fingerprint density at radius 2 is 2.04 bits per heavy atom. The van der Waals surface area contributed by atoms with E-state index in [9.17, 15) is 5.11 Å². The van der Waals surface area contributed by atoms with Gasteiger partial charge in [0.25, 0.3) is 0 Å². The van der Waals surface area contributed by atoms with Gasteiger partial charge in [-0.25, -0.2) is 0 Å². The molecule has 26 heavy (non-hydrogen) atoms. The van der Waals surface area contributed by atoms with Crippen LogP contribution in [-0.2, 0) is 5.41 Å². The number of aromatic nitrogens is 2. The molecule has 0 aromatic carbocycles. The molecule has 1 aliphatic heterocycles. The van der Waals surface area contributed by atoms with E-state index < -0.39 is 0 Å². The molecule has 2 aliphatic rings. The highest BCUT2D eigenvalue weighted by atomic mass is 32.1. The highest BCUT2D eigenvalue weighted by Gasteiger charge is 2.48. The molecular weight excluding hydrogens is 344 g/mol. The third kappa shape index (κ3) is 2.72. The monoisotopic (exact) mass is 372 g/mol. The largest absolute Gasteiger partial charge is 0.493 e. The number of hydrogen-bond acceptors (Lipinski definition) is 5. The fourth-order valence-electron chi connectivity index (χ4n) is 4.72. The molecule has 0 bridgehead atoms. The van der Waals surface area contributed by atoms with Crippen molar-refractivity contribution in [2.24, 2.45) is 11.8 Å². The first-order valence-electron chi connectivity index (χ1n) is 9.54. The third-order valence-electron chi connectivity index (χ3n) is 6.32. The first-order valence-corrected chi connectivity index (χ1v) is 10.4. The van der Waals surface area contributed by atoms with E-state index in [1.54, 1.807) is 11.3 Å². The van der Waals surface area contributed by atoms with E-state index in [0.29, 0.717) is 23.5 Å². The van der Waals surface area contributed by atoms with Crippen LogP contribution in [0.25, 0.3) is 0 Å². The van der Waals surface area contributed by atoms with Gasteiger partial charge in [0.2, 0.25) is 11.8 Å². The number of rotatable bonds is 2. The van der Waals surface area contributed by atoms with Crippen LogP contribution in [0.4, 0.5) is 0 Å². The van der Waals surface area contributed by atoms with E-state index in [2.05, 4.69) is 51.0 Å². The lowest BCUT2D eigenvalue weighted by molar-refractivity contribution is -0.0194. The number of aromatic hydroxyl groups is 1. The van der Waals surface area contributed by atoms with E-state index >= 15 is 0 Å². The van der Waals surface area contributed by atoms with E-state index in [-0.39, 0.29) is 22.8 Å². The summed E-state index contributed by atoms with van der Waals surface area (Å²) >= 11 is 1.68. The fourth-order valence-corrected chi connectivity index (χ4v) is 5.57. The molecule has 2 aromatic rings. The lowest BCUT2D eigenvalue weighted by atomic mass is 9.65. The van der Waals surface area contributed by atoms with E-state index in [0.717, 1.165) is 18.4 Å². The molecule has 2 aromatic heterocycles. The molecule has 4 rings (SSSR count). The maximum absolute atomic E-state index is 10.9. The summed E-state index contributed by atoms with van der Waals surface area (Å²) in [7, 11) is 0. The Bertz CT molecular complexity index is 814. The number of fused-ring (bicyclic) bond motifs is 3. The number of ether oxygens (including phenoxy) is 1. The summed E-state index contributed by atoms with van der Waals surface area (Å²) in [6, 6.07) is 4.13. The SMILES string of the molecule is C[C@@H]1CC[C@H]2[C@@H](C1)c1c(O)nc(C(C)(C)c3cccs3)nc1OC2(C)C. The normalized spacial score (nSPS) is 27.3. The average molecular weight is 373 g/mol. The quantitative estimate of drug-likeness (QED) is 0.781. The van der Waals surface area contributed by atoms with Crippen molar-refractivity contribution in [1.82, 2.24) is 9.97 Å². The van der Waals surface area contributed by atoms with Crippen LogP contribution < -0.4 is 4.74 Å². The summed E-state index contributed by atoms with van der Waals surface area (Å²) in [4.78, 5) is 10.6. The van der Waals surface area contributed by atoms with Gasteiger partial charge >= 0.3 is 0 Å². The van der Waals surface area contributed by atoms with Gasteiger partial charge < -0.3 is 9.84 Å². The first kappa shape index (κ1) is 17.8. The topological polar surface area (TPSA) is 55.2 Å². The maximum Gasteiger partial charge on any atom is 0.224 e. The zero-order valence-corrected chi connectivity index (χ0v) is 17.1. The molecule has 1 saturated carbocycles. The van der Waals surface area contributed by atoms with Crippen molar-refractivity contribution in [3.05, 3.63) is 33.8 Å². The molecule has 3 atom stereocenters. The molecule has 1 aliphatic carbocycles. The molecule has 1 N–H and O–H groups in total. The smallest absolute Gasteiger partial charge is 0.224 e. The van der Waals surface area contributed by atoms with Crippen LogP contribution in [0.3, 0.4) is 0 Å². The van der Waals surface area contributed by atoms with E-state index in [4.69, 9.17) is 9.72 Å². The van der Waals surface area contributed by atoms with Crippen molar-refractivity contribution in [2.45, 2.75) is 70.8 Å². The maximum atomic E-state index is 10.9. The molecule has 0 saturated heterocycles. The van der Waals surface area contributed by atoms with E-state index in [1.165, 1.54) is 11.3 Å². The molecule has 0 radical (unpaired) electrons. The molecule has 0 spiro atoms. The highest BCUT2D eigenvalue weighted by Crippen LogP contribution is 2.54. The van der Waals surface area contributed by atoms with Crippen molar-refractivity contribution in [2.75, 3.05) is 0 Å². The van der Waals surface area contributed by atoms with Gasteiger partial charge in [-0.3, -0.25) is 0 Å². The van der Waals surface area contributed by atoms with Crippen LogP contribution in [-0.4, -0.2) is 20.7 Å². The van der Waals surface area contributed by atoms with Gasteiger partial charge in [0.1, 0.15) is 11.4 Å². The minimum atomic E-state index is -0.370. The van der Waals surface area contributed by atoms with Crippen LogP contribution >= 0.6 is 11.3 Å². The molecule has 3 heterocycles. The summed E-state index contributed by atoms with van der Waals surface area (Å²) in [6.07, 6.45) is 3.41. The number of thiophene rings is 1. The van der Waals surface area contributed by atoms with Crippen LogP contribution in [0.1, 0.15) is 76.1 Å². The van der Waals surface area contributed by atoms with Crippen molar-refractivity contribution in [1.29, 1.82) is 0 Å². The average Bonchev–Trinajstić information content (AvgIpc) is 3.08. The Kier molecular flexibility index (Phi) is 4.07. The van der Waals surface area contributed by atoms with Gasteiger partial charge in [-0.2, -0.15) is 9.97 Å². The summed E-state index contributed by atoms with van der Waals surface area (Å²) < 4.78 is 6.35. The van der Waals surface area contributed by atoms with Crippen LogP contribution in [0.5, 0.6) is 11.8 Å². The second kappa shape index (κ2) is 5.95. The molecule has 140 valence electrons. The first-order chi connectivity index (χ1) is 12.2. The number of nitrogens with zero attached hydrogens (tertiary/aromatic N) is 2. The van der Waals surface area contributed by atoms with Gasteiger partial charge in [-0.1, -0.05) is 19.4 Å². The van der Waals surface area contributed by atoms with Crippen molar-refractivity contribution in [3.63, 3.8) is 0 Å². The second-order valence-electron chi connectivity index (χ2n) is 9.03. The Morgan fingerprint density at radius 1 is 1.27 bits per heavy atom. The molecule has 0 unspecified atom stereocenters. The van der Waals surface area contributed by atoms with Crippen LogP contribution in [0.15, 0.2) is 17.5 Å². The molecule has 4 nitrogen and oxygen atoms in total. The summed E-state index contributed by atoms with van der Waals surface area (Å²) in [5.41, 5.74) is 0.181. The minimum absolute atomic E-state index is 0.106. The third-order valence-corrected chi connectivity index (χ3v) is 7.52. The standard InChI is InChI=1S/C21H28N2O2S/c1-12-8-9-14-13(11-12)16-17(24)22-19(23-18(16)25-21(14,4)5)20(2,3)15-7-6-10-26-15/h6-7,10,12-14H,8-9,11H2,1-5H3,(H,22,23,24)/t12-,13-,14+/m1/s1. The summed E-state index contributed by atoms with van der Waals surface area (Å²) in [6.45, 7) is 10.8. The van der Waals surface area contributed by atoms with Gasteiger partial charge in [0.05, 0.1) is 11.0 Å². The number of hydrogen-bond donors (Lipinski definition) is 1. The van der Waals surface area contributed by atoms with Crippen molar-refractivity contribution >= 4 is 11.3 Å². The molecule has 1 fully saturated rings. The molecular formula is C21H28N2O2S. The Balaban J connectivity index is 1.82. The Hall–Kier alpha value is -1.62. The van der Waals surface area contributed by atoms with Crippen molar-refractivity contribution in [3.8, 4) is 11.8 Å². The zero-order chi connectivity index (χ0) is 18.7. The van der Waals surface area contributed by atoms with Gasteiger partial charge in [-0.05, 0) is 57.9 Å². The predicted octanol–water partition coefficient (Wildman–Crippen LogP) is 5.26. The fraction of sp³-hybridized carbons (Fsp3) is 0.619. The van der Waals surface area contributed by atoms with Crippen LogP contribution in [0.2, 0.25) is 0 Å². The highest BCUT2D eigenvalue weighted by molar-refractivity contribution is 7.10. The van der Waals surface area contributed by atoms with Gasteiger partial charge in [0, 0.05) is 16.7 Å². The van der Waals surface area contributed by atoms with Crippen molar-refractivity contribution < 1.29 is 9.84 Å². The summed E-state index contributed by atoms with van der Waals surface area (Å²) in [5.74, 6) is 2.63. The van der Waals surface area contributed by atoms with E-state index in [1.807, 2.05) is 6.07 Å². The zero-order valence-electron chi connectivity index (χ0n) is 16.2. The lowest BCUT2D eigenvalue weighted by Gasteiger charge is -2.48. The predicted molar refractivity (Wildman–Crippen MR) is 104 cm³/mol. The van der Waals surface area contributed by atoms with Gasteiger partial charge in [-0.15, -0.1) is 11.3 Å². The Labute approximate surface area is 159 Å². The molecule has 0 amide bonds.